The molecule has 128 valence electrons. The number of ether oxygens (including phenoxy) is 1. The van der Waals surface area contributed by atoms with Crippen molar-refractivity contribution >= 4 is 5.91 Å². The van der Waals surface area contributed by atoms with Crippen LogP contribution in [0.1, 0.15) is 24.3 Å². The van der Waals surface area contributed by atoms with Crippen LogP contribution >= 0.6 is 0 Å². The van der Waals surface area contributed by atoms with Crippen molar-refractivity contribution in [3.8, 4) is 5.75 Å². The number of fused-ring (bicyclic) bond motifs is 1. The Balaban J connectivity index is 1.91. The van der Waals surface area contributed by atoms with Gasteiger partial charge in [0, 0.05) is 18.0 Å². The second kappa shape index (κ2) is 6.34. The first-order valence-corrected chi connectivity index (χ1v) is 7.77. The van der Waals surface area contributed by atoms with Gasteiger partial charge >= 0.3 is 6.18 Å². The number of alkyl halides is 3. The summed E-state index contributed by atoms with van der Waals surface area (Å²) in [6.45, 7) is 0. The second-order valence-corrected chi connectivity index (χ2v) is 6.14. The van der Waals surface area contributed by atoms with Crippen LogP contribution in [0.25, 0.3) is 0 Å². The topological polar surface area (TPSA) is 38.3 Å². The van der Waals surface area contributed by atoms with Crippen molar-refractivity contribution in [3.63, 3.8) is 0 Å². The number of halogens is 3. The Morgan fingerprint density at radius 1 is 1.21 bits per heavy atom. The number of hydrogen-bond acceptors (Lipinski definition) is 2. The van der Waals surface area contributed by atoms with Gasteiger partial charge in [0.25, 0.3) is 0 Å². The van der Waals surface area contributed by atoms with E-state index in [-0.39, 0.29) is 24.7 Å². The number of allylic oxidation sites excluding steroid dienone is 4. The SMILES string of the molecule is COc1ccc(C2CC(=O)NC3=CC=CC(C(F)(F)F)C3C2)cc1. The van der Waals surface area contributed by atoms with Gasteiger partial charge in [-0.25, -0.2) is 0 Å². The molecule has 3 rings (SSSR count). The fourth-order valence-electron chi connectivity index (χ4n) is 3.43. The third kappa shape index (κ3) is 3.32. The van der Waals surface area contributed by atoms with Crippen molar-refractivity contribution in [2.75, 3.05) is 7.11 Å². The highest BCUT2D eigenvalue weighted by Gasteiger charge is 2.47. The lowest BCUT2D eigenvalue weighted by molar-refractivity contribution is -0.172. The van der Waals surface area contributed by atoms with Crippen molar-refractivity contribution in [1.82, 2.24) is 5.32 Å². The molecule has 2 aliphatic rings. The van der Waals surface area contributed by atoms with E-state index in [1.165, 1.54) is 12.2 Å². The summed E-state index contributed by atoms with van der Waals surface area (Å²) in [7, 11) is 1.55. The number of methoxy groups -OCH3 is 1. The van der Waals surface area contributed by atoms with Gasteiger partial charge in [-0.05, 0) is 36.1 Å². The summed E-state index contributed by atoms with van der Waals surface area (Å²) in [4.78, 5) is 12.1. The van der Waals surface area contributed by atoms with Gasteiger partial charge < -0.3 is 10.1 Å². The van der Waals surface area contributed by atoms with E-state index in [0.717, 1.165) is 5.56 Å². The summed E-state index contributed by atoms with van der Waals surface area (Å²) in [5.41, 5.74) is 1.21. The Morgan fingerprint density at radius 2 is 1.92 bits per heavy atom. The molecule has 1 heterocycles. The summed E-state index contributed by atoms with van der Waals surface area (Å²) in [5, 5.41) is 2.65. The highest BCUT2D eigenvalue weighted by Crippen LogP contribution is 2.44. The first-order valence-electron chi connectivity index (χ1n) is 7.77. The van der Waals surface area contributed by atoms with Crippen LogP contribution in [0.5, 0.6) is 5.75 Å². The zero-order valence-electron chi connectivity index (χ0n) is 13.1. The van der Waals surface area contributed by atoms with Gasteiger partial charge in [-0.2, -0.15) is 13.2 Å². The van der Waals surface area contributed by atoms with Crippen LogP contribution in [0.3, 0.4) is 0 Å². The molecule has 0 saturated carbocycles. The predicted molar refractivity (Wildman–Crippen MR) is 83.4 cm³/mol. The van der Waals surface area contributed by atoms with Gasteiger partial charge in [-0.3, -0.25) is 4.79 Å². The van der Waals surface area contributed by atoms with Gasteiger partial charge in [-0.1, -0.05) is 24.3 Å². The Morgan fingerprint density at radius 3 is 2.54 bits per heavy atom. The first kappa shape index (κ1) is 16.6. The molecule has 1 N–H and O–H groups in total. The van der Waals surface area contributed by atoms with Crippen molar-refractivity contribution in [3.05, 3.63) is 53.8 Å². The van der Waals surface area contributed by atoms with Crippen LogP contribution in [0.4, 0.5) is 13.2 Å². The molecule has 1 aliphatic heterocycles. The smallest absolute Gasteiger partial charge is 0.395 e. The molecule has 1 aromatic carbocycles. The number of carbonyl (C=O) groups is 1. The summed E-state index contributed by atoms with van der Waals surface area (Å²) in [6.07, 6.45) is 0.228. The number of nitrogens with one attached hydrogen (secondary N) is 1. The molecule has 1 amide bonds. The summed E-state index contributed by atoms with van der Waals surface area (Å²) in [6, 6.07) is 7.15. The zero-order valence-corrected chi connectivity index (χ0v) is 13.1. The molecule has 0 bridgehead atoms. The number of amides is 1. The lowest BCUT2D eigenvalue weighted by Gasteiger charge is -2.31. The fourth-order valence-corrected chi connectivity index (χ4v) is 3.43. The minimum Gasteiger partial charge on any atom is -0.497 e. The lowest BCUT2D eigenvalue weighted by Crippen LogP contribution is -2.35. The largest absolute Gasteiger partial charge is 0.497 e. The van der Waals surface area contributed by atoms with E-state index in [0.29, 0.717) is 11.4 Å². The molecule has 0 radical (unpaired) electrons. The van der Waals surface area contributed by atoms with E-state index >= 15 is 0 Å². The third-order valence-corrected chi connectivity index (χ3v) is 4.65. The van der Waals surface area contributed by atoms with Crippen molar-refractivity contribution in [2.24, 2.45) is 11.8 Å². The molecule has 1 aliphatic carbocycles. The van der Waals surface area contributed by atoms with E-state index in [9.17, 15) is 18.0 Å². The summed E-state index contributed by atoms with van der Waals surface area (Å²) < 4.78 is 45.2. The molecule has 1 aromatic rings. The van der Waals surface area contributed by atoms with Crippen molar-refractivity contribution < 1.29 is 22.7 Å². The van der Waals surface area contributed by atoms with Crippen LogP contribution in [0.15, 0.2) is 48.2 Å². The monoisotopic (exact) mass is 337 g/mol. The Hall–Kier alpha value is -2.24. The first-order chi connectivity index (χ1) is 11.4. The minimum atomic E-state index is -4.33. The summed E-state index contributed by atoms with van der Waals surface area (Å²) >= 11 is 0. The van der Waals surface area contributed by atoms with Gasteiger partial charge in [0.2, 0.25) is 5.91 Å². The second-order valence-electron chi connectivity index (χ2n) is 6.14. The maximum Gasteiger partial charge on any atom is 0.395 e. The van der Waals surface area contributed by atoms with Gasteiger partial charge in [-0.15, -0.1) is 0 Å². The molecule has 0 aromatic heterocycles. The maximum atomic E-state index is 13.4. The minimum absolute atomic E-state index is 0.171. The fraction of sp³-hybridized carbons (Fsp3) is 0.389. The van der Waals surface area contributed by atoms with Crippen LogP contribution in [-0.2, 0) is 4.79 Å². The molecule has 0 spiro atoms. The number of hydrogen-bond donors (Lipinski definition) is 1. The molecule has 3 unspecified atom stereocenters. The van der Waals surface area contributed by atoms with Gasteiger partial charge in [0.15, 0.2) is 0 Å². The normalized spacial score (nSPS) is 26.9. The van der Waals surface area contributed by atoms with Crippen LogP contribution in [0, 0.1) is 11.8 Å². The highest BCUT2D eigenvalue weighted by atomic mass is 19.4. The van der Waals surface area contributed by atoms with Crippen molar-refractivity contribution in [1.29, 1.82) is 0 Å². The maximum absolute atomic E-state index is 13.4. The van der Waals surface area contributed by atoms with Crippen LogP contribution in [0.2, 0.25) is 0 Å². The van der Waals surface area contributed by atoms with E-state index in [1.807, 2.05) is 12.1 Å². The predicted octanol–water partition coefficient (Wildman–Crippen LogP) is 3.94. The Labute approximate surface area is 138 Å². The van der Waals surface area contributed by atoms with E-state index < -0.39 is 18.0 Å². The summed E-state index contributed by atoms with van der Waals surface area (Å²) in [5.74, 6) is -2.18. The quantitative estimate of drug-likeness (QED) is 0.888. The molecule has 1 saturated heterocycles. The third-order valence-electron chi connectivity index (χ3n) is 4.65. The van der Waals surface area contributed by atoms with Crippen LogP contribution < -0.4 is 10.1 Å². The Bertz CT molecular complexity index is 676. The molecule has 24 heavy (non-hydrogen) atoms. The highest BCUT2D eigenvalue weighted by molar-refractivity contribution is 5.79. The number of rotatable bonds is 2. The molecular formula is C18H18F3NO2. The van der Waals surface area contributed by atoms with Crippen molar-refractivity contribution in [2.45, 2.75) is 24.9 Å². The zero-order chi connectivity index (χ0) is 17.3. The number of benzene rings is 1. The molecule has 1 fully saturated rings. The Kier molecular flexibility index (Phi) is 4.39. The molecule has 3 nitrogen and oxygen atoms in total. The van der Waals surface area contributed by atoms with Crippen LogP contribution in [-0.4, -0.2) is 19.2 Å². The molecule has 6 heteroatoms. The van der Waals surface area contributed by atoms with E-state index in [1.54, 1.807) is 25.3 Å². The molecular weight excluding hydrogens is 319 g/mol. The lowest BCUT2D eigenvalue weighted by atomic mass is 9.77. The van der Waals surface area contributed by atoms with E-state index in [4.69, 9.17) is 4.74 Å². The number of carbonyl (C=O) groups excluding carboxylic acids is 1. The molecule has 3 atom stereocenters. The average Bonchev–Trinajstić information content (AvgIpc) is 2.71. The van der Waals surface area contributed by atoms with Gasteiger partial charge in [0.05, 0.1) is 13.0 Å². The van der Waals surface area contributed by atoms with E-state index in [2.05, 4.69) is 5.32 Å². The van der Waals surface area contributed by atoms with Gasteiger partial charge in [0.1, 0.15) is 5.75 Å². The standard InChI is InChI=1S/C18H18F3NO2/c1-24-13-7-5-11(6-8-13)12-9-14-15(18(19,20)21)3-2-4-16(14)22-17(23)10-12/h2-8,12,14-15H,9-10H2,1H3,(H,22,23). The average molecular weight is 337 g/mol.